The van der Waals surface area contributed by atoms with Gasteiger partial charge in [0.2, 0.25) is 0 Å². The molecular weight excluding hydrogens is 254 g/mol. The lowest BCUT2D eigenvalue weighted by atomic mass is 10.1. The van der Waals surface area contributed by atoms with E-state index in [9.17, 15) is 0 Å². The van der Waals surface area contributed by atoms with Crippen molar-refractivity contribution in [3.63, 3.8) is 0 Å². The van der Waals surface area contributed by atoms with Crippen LogP contribution in [0, 0.1) is 0 Å². The Bertz CT molecular complexity index is 574. The molecule has 0 unspecified atom stereocenters. The molecule has 0 aliphatic carbocycles. The standard InChI is InChI=1S/C16H17NO3/c1-12(17-18)14-5-9-16(10-6-14)20-11-13-3-7-15(19-2)8-4-13/h3-10,18H,11H2,1-2H3/b17-12+. The third kappa shape index (κ3) is 3.51. The number of methoxy groups -OCH3 is 1. The zero-order valence-corrected chi connectivity index (χ0v) is 11.5. The molecule has 0 saturated heterocycles. The summed E-state index contributed by atoms with van der Waals surface area (Å²) in [5.41, 5.74) is 2.51. The van der Waals surface area contributed by atoms with Gasteiger partial charge in [-0.3, -0.25) is 0 Å². The zero-order chi connectivity index (χ0) is 14.4. The molecule has 104 valence electrons. The van der Waals surface area contributed by atoms with E-state index in [0.717, 1.165) is 22.6 Å². The normalized spacial score (nSPS) is 11.2. The second-order valence-electron chi connectivity index (χ2n) is 4.35. The fraction of sp³-hybridized carbons (Fsp3) is 0.188. The molecule has 0 fully saturated rings. The van der Waals surface area contributed by atoms with Crippen molar-refractivity contribution in [3.8, 4) is 11.5 Å². The molecule has 0 aliphatic heterocycles. The van der Waals surface area contributed by atoms with Gasteiger partial charge in [0.25, 0.3) is 0 Å². The SMILES string of the molecule is COc1ccc(COc2ccc(/C(C)=N/O)cc2)cc1. The number of hydrogen-bond donors (Lipinski definition) is 1. The Morgan fingerprint density at radius 3 is 2.15 bits per heavy atom. The molecule has 2 aromatic carbocycles. The molecule has 0 spiro atoms. The summed E-state index contributed by atoms with van der Waals surface area (Å²) < 4.78 is 10.8. The molecule has 0 amide bonds. The van der Waals surface area contributed by atoms with Gasteiger partial charge in [0.05, 0.1) is 12.8 Å². The Morgan fingerprint density at radius 1 is 1.00 bits per heavy atom. The number of hydrogen-bond acceptors (Lipinski definition) is 4. The summed E-state index contributed by atoms with van der Waals surface area (Å²) in [6, 6.07) is 15.2. The van der Waals surface area contributed by atoms with Gasteiger partial charge >= 0.3 is 0 Å². The maximum absolute atomic E-state index is 8.70. The molecule has 0 radical (unpaired) electrons. The van der Waals surface area contributed by atoms with Gasteiger partial charge in [0, 0.05) is 0 Å². The molecule has 0 atom stereocenters. The lowest BCUT2D eigenvalue weighted by molar-refractivity contribution is 0.306. The maximum atomic E-state index is 8.70. The van der Waals surface area contributed by atoms with Crippen LogP contribution in [0.25, 0.3) is 0 Å². The minimum Gasteiger partial charge on any atom is -0.497 e. The fourth-order valence-electron chi connectivity index (χ4n) is 1.74. The number of benzene rings is 2. The Balaban J connectivity index is 1.96. The molecule has 1 N–H and O–H groups in total. The van der Waals surface area contributed by atoms with E-state index in [0.29, 0.717) is 12.3 Å². The molecule has 0 bridgehead atoms. The van der Waals surface area contributed by atoms with E-state index >= 15 is 0 Å². The lowest BCUT2D eigenvalue weighted by Crippen LogP contribution is -1.97. The highest BCUT2D eigenvalue weighted by atomic mass is 16.5. The van der Waals surface area contributed by atoms with Gasteiger partial charge in [0.15, 0.2) is 0 Å². The van der Waals surface area contributed by atoms with Crippen molar-refractivity contribution in [3.05, 3.63) is 59.7 Å². The van der Waals surface area contributed by atoms with Gasteiger partial charge in [-0.2, -0.15) is 0 Å². The van der Waals surface area contributed by atoms with E-state index in [1.54, 1.807) is 14.0 Å². The smallest absolute Gasteiger partial charge is 0.119 e. The molecule has 4 heteroatoms. The largest absolute Gasteiger partial charge is 0.497 e. The molecule has 0 aromatic heterocycles. The van der Waals surface area contributed by atoms with Crippen LogP contribution in [-0.4, -0.2) is 18.0 Å². The van der Waals surface area contributed by atoms with Crippen LogP contribution in [0.3, 0.4) is 0 Å². The second kappa shape index (κ2) is 6.61. The first-order valence-electron chi connectivity index (χ1n) is 6.28. The average Bonchev–Trinajstić information content (AvgIpc) is 2.53. The first kappa shape index (κ1) is 13.9. The minimum atomic E-state index is 0.496. The summed E-state index contributed by atoms with van der Waals surface area (Å²) in [7, 11) is 1.64. The van der Waals surface area contributed by atoms with Crippen molar-refractivity contribution in [2.75, 3.05) is 7.11 Å². The molecule has 2 rings (SSSR count). The molecule has 0 saturated carbocycles. The molecule has 4 nitrogen and oxygen atoms in total. The molecule has 0 aliphatic rings. The molecular formula is C16H17NO3. The first-order chi connectivity index (χ1) is 9.72. The quantitative estimate of drug-likeness (QED) is 0.514. The van der Waals surface area contributed by atoms with Crippen molar-refractivity contribution in [1.82, 2.24) is 0 Å². The average molecular weight is 271 g/mol. The molecule has 0 heterocycles. The molecule has 20 heavy (non-hydrogen) atoms. The van der Waals surface area contributed by atoms with E-state index < -0.39 is 0 Å². The van der Waals surface area contributed by atoms with Crippen LogP contribution >= 0.6 is 0 Å². The van der Waals surface area contributed by atoms with Crippen molar-refractivity contribution in [2.45, 2.75) is 13.5 Å². The Kier molecular flexibility index (Phi) is 4.60. The van der Waals surface area contributed by atoms with E-state index in [4.69, 9.17) is 14.7 Å². The predicted molar refractivity (Wildman–Crippen MR) is 77.8 cm³/mol. The summed E-state index contributed by atoms with van der Waals surface area (Å²) in [5.74, 6) is 1.60. The van der Waals surface area contributed by atoms with Gasteiger partial charge in [-0.1, -0.05) is 17.3 Å². The van der Waals surface area contributed by atoms with E-state index in [1.165, 1.54) is 0 Å². The monoisotopic (exact) mass is 271 g/mol. The Morgan fingerprint density at radius 2 is 1.60 bits per heavy atom. The van der Waals surface area contributed by atoms with E-state index in [1.807, 2.05) is 48.5 Å². The maximum Gasteiger partial charge on any atom is 0.119 e. The second-order valence-corrected chi connectivity index (χ2v) is 4.35. The molecule has 2 aromatic rings. The van der Waals surface area contributed by atoms with Gasteiger partial charge < -0.3 is 14.7 Å². The van der Waals surface area contributed by atoms with Gasteiger partial charge in [-0.05, 0) is 54.4 Å². The number of nitrogens with zero attached hydrogens (tertiary/aromatic N) is 1. The summed E-state index contributed by atoms with van der Waals surface area (Å²) in [6.07, 6.45) is 0. The van der Waals surface area contributed by atoms with Crippen LogP contribution in [-0.2, 0) is 6.61 Å². The third-order valence-electron chi connectivity index (χ3n) is 2.99. The highest BCUT2D eigenvalue weighted by Gasteiger charge is 2.00. The lowest BCUT2D eigenvalue weighted by Gasteiger charge is -2.08. The number of ether oxygens (including phenoxy) is 2. The van der Waals surface area contributed by atoms with Crippen LogP contribution in [0.4, 0.5) is 0 Å². The summed E-state index contributed by atoms with van der Waals surface area (Å²) in [5, 5.41) is 11.9. The van der Waals surface area contributed by atoms with Crippen molar-refractivity contribution in [1.29, 1.82) is 0 Å². The zero-order valence-electron chi connectivity index (χ0n) is 11.5. The van der Waals surface area contributed by atoms with Gasteiger partial charge in [-0.25, -0.2) is 0 Å². The van der Waals surface area contributed by atoms with E-state index in [2.05, 4.69) is 5.16 Å². The minimum absolute atomic E-state index is 0.496. The number of oxime groups is 1. The number of rotatable bonds is 5. The first-order valence-corrected chi connectivity index (χ1v) is 6.28. The highest BCUT2D eigenvalue weighted by molar-refractivity contribution is 5.98. The third-order valence-corrected chi connectivity index (χ3v) is 2.99. The predicted octanol–water partition coefficient (Wildman–Crippen LogP) is 3.47. The van der Waals surface area contributed by atoms with Gasteiger partial charge in [0.1, 0.15) is 18.1 Å². The van der Waals surface area contributed by atoms with Crippen LogP contribution in [0.5, 0.6) is 11.5 Å². The van der Waals surface area contributed by atoms with E-state index in [-0.39, 0.29) is 0 Å². The summed E-state index contributed by atoms with van der Waals surface area (Å²) >= 11 is 0. The summed E-state index contributed by atoms with van der Waals surface area (Å²) in [6.45, 7) is 2.24. The Labute approximate surface area is 118 Å². The van der Waals surface area contributed by atoms with Crippen molar-refractivity contribution >= 4 is 5.71 Å². The highest BCUT2D eigenvalue weighted by Crippen LogP contribution is 2.16. The Hall–Kier alpha value is -2.49. The topological polar surface area (TPSA) is 51.0 Å². The van der Waals surface area contributed by atoms with Crippen LogP contribution < -0.4 is 9.47 Å². The van der Waals surface area contributed by atoms with Crippen molar-refractivity contribution < 1.29 is 14.7 Å². The van der Waals surface area contributed by atoms with Gasteiger partial charge in [-0.15, -0.1) is 0 Å². The van der Waals surface area contributed by atoms with Crippen LogP contribution in [0.2, 0.25) is 0 Å². The van der Waals surface area contributed by atoms with Crippen LogP contribution in [0.15, 0.2) is 53.7 Å². The van der Waals surface area contributed by atoms with Crippen molar-refractivity contribution in [2.24, 2.45) is 5.16 Å². The van der Waals surface area contributed by atoms with Crippen LogP contribution in [0.1, 0.15) is 18.1 Å². The summed E-state index contributed by atoms with van der Waals surface area (Å²) in [4.78, 5) is 0. The fourth-order valence-corrected chi connectivity index (χ4v) is 1.74.